The van der Waals surface area contributed by atoms with Gasteiger partial charge in [0.15, 0.2) is 0 Å². The van der Waals surface area contributed by atoms with Gasteiger partial charge in [-0.25, -0.2) is 4.98 Å². The summed E-state index contributed by atoms with van der Waals surface area (Å²) in [6.07, 6.45) is 1.01. The zero-order valence-electron chi connectivity index (χ0n) is 16.8. The number of hydrogen-bond donors (Lipinski definition) is 0. The van der Waals surface area contributed by atoms with Crippen molar-refractivity contribution in [1.29, 1.82) is 0 Å². The topological polar surface area (TPSA) is 55.2 Å². The van der Waals surface area contributed by atoms with Crippen LogP contribution in [0.3, 0.4) is 0 Å². The van der Waals surface area contributed by atoms with Crippen molar-refractivity contribution in [2.24, 2.45) is 0 Å². The van der Waals surface area contributed by atoms with Crippen molar-refractivity contribution in [3.63, 3.8) is 0 Å². The minimum absolute atomic E-state index is 0.00574. The third-order valence-corrected chi connectivity index (χ3v) is 5.59. The first kappa shape index (κ1) is 19.1. The van der Waals surface area contributed by atoms with Gasteiger partial charge < -0.3 is 4.90 Å². The van der Waals surface area contributed by atoms with Crippen LogP contribution in [-0.2, 0) is 17.8 Å². The highest BCUT2D eigenvalue weighted by Crippen LogP contribution is 2.27. The number of amides is 1. The number of aryl methyl sites for hydroxylation is 1. The number of aromatic nitrogens is 2. The Kier molecular flexibility index (Phi) is 5.30. The van der Waals surface area contributed by atoms with Crippen molar-refractivity contribution >= 4 is 5.91 Å². The zero-order valence-corrected chi connectivity index (χ0v) is 16.8. The molecule has 0 saturated heterocycles. The highest BCUT2D eigenvalue weighted by molar-refractivity contribution is 5.76. The Balaban J connectivity index is 1.85. The van der Waals surface area contributed by atoms with E-state index in [0.717, 1.165) is 22.4 Å². The average molecular weight is 387 g/mol. The van der Waals surface area contributed by atoms with Gasteiger partial charge in [-0.05, 0) is 24.5 Å². The van der Waals surface area contributed by atoms with Crippen LogP contribution in [0.15, 0.2) is 65.5 Å². The summed E-state index contributed by atoms with van der Waals surface area (Å²) >= 11 is 0. The van der Waals surface area contributed by atoms with Crippen LogP contribution in [0.5, 0.6) is 0 Å². The molecule has 29 heavy (non-hydrogen) atoms. The molecule has 148 valence electrons. The molecule has 5 nitrogen and oxygen atoms in total. The molecule has 0 N–H and O–H groups in total. The predicted octanol–water partition coefficient (Wildman–Crippen LogP) is 3.48. The van der Waals surface area contributed by atoms with Crippen LogP contribution in [0.4, 0.5) is 0 Å². The van der Waals surface area contributed by atoms with E-state index in [-0.39, 0.29) is 17.5 Å². The Morgan fingerprint density at radius 2 is 1.62 bits per heavy atom. The van der Waals surface area contributed by atoms with Crippen molar-refractivity contribution in [2.45, 2.75) is 39.3 Å². The van der Waals surface area contributed by atoms with Crippen LogP contribution in [0, 0.1) is 6.92 Å². The van der Waals surface area contributed by atoms with Gasteiger partial charge in [-0.2, -0.15) is 0 Å². The van der Waals surface area contributed by atoms with E-state index in [1.807, 2.05) is 74.5 Å². The highest BCUT2D eigenvalue weighted by Gasteiger charge is 2.27. The summed E-state index contributed by atoms with van der Waals surface area (Å²) < 4.78 is 1.81. The SMILES string of the molecule is CCC(=O)N1CCc2c(nc(C)n(C(c3ccccc3)c3ccccc3)c2=O)C1. The molecule has 0 atom stereocenters. The van der Waals surface area contributed by atoms with Crippen LogP contribution in [0.2, 0.25) is 0 Å². The number of nitrogens with zero attached hydrogens (tertiary/aromatic N) is 3. The molecule has 3 aromatic rings. The van der Waals surface area contributed by atoms with Crippen LogP contribution in [0.1, 0.15) is 47.6 Å². The predicted molar refractivity (Wildman–Crippen MR) is 113 cm³/mol. The van der Waals surface area contributed by atoms with Gasteiger partial charge in [0.05, 0.1) is 18.3 Å². The molecule has 0 spiro atoms. The molecule has 0 saturated carbocycles. The fourth-order valence-electron chi connectivity index (χ4n) is 4.12. The van der Waals surface area contributed by atoms with Gasteiger partial charge in [0.2, 0.25) is 5.91 Å². The molecular formula is C24H25N3O2. The highest BCUT2D eigenvalue weighted by atomic mass is 16.2. The molecule has 2 heterocycles. The van der Waals surface area contributed by atoms with E-state index in [1.165, 1.54) is 0 Å². The fourth-order valence-corrected chi connectivity index (χ4v) is 4.12. The molecule has 1 aliphatic heterocycles. The van der Waals surface area contributed by atoms with Gasteiger partial charge in [-0.15, -0.1) is 0 Å². The van der Waals surface area contributed by atoms with Crippen LogP contribution in [0.25, 0.3) is 0 Å². The number of hydrogen-bond acceptors (Lipinski definition) is 3. The van der Waals surface area contributed by atoms with E-state index in [0.29, 0.717) is 31.8 Å². The summed E-state index contributed by atoms with van der Waals surface area (Å²) in [7, 11) is 0. The quantitative estimate of drug-likeness (QED) is 0.689. The number of carbonyl (C=O) groups excluding carboxylic acids is 1. The molecule has 4 rings (SSSR count). The first-order valence-electron chi connectivity index (χ1n) is 10.1. The van der Waals surface area contributed by atoms with Gasteiger partial charge in [-0.3, -0.25) is 14.2 Å². The summed E-state index contributed by atoms with van der Waals surface area (Å²) in [5.41, 5.74) is 3.55. The Morgan fingerprint density at radius 3 is 2.17 bits per heavy atom. The van der Waals surface area contributed by atoms with E-state index in [2.05, 4.69) is 0 Å². The molecule has 1 amide bonds. The molecule has 0 bridgehead atoms. The van der Waals surface area contributed by atoms with Crippen molar-refractivity contribution in [3.05, 3.63) is 99.2 Å². The van der Waals surface area contributed by atoms with E-state index >= 15 is 0 Å². The summed E-state index contributed by atoms with van der Waals surface area (Å²) in [5, 5.41) is 0. The summed E-state index contributed by atoms with van der Waals surface area (Å²) in [4.78, 5) is 32.3. The average Bonchev–Trinajstić information content (AvgIpc) is 2.76. The van der Waals surface area contributed by atoms with Gasteiger partial charge in [0.1, 0.15) is 5.82 Å². The van der Waals surface area contributed by atoms with E-state index in [9.17, 15) is 9.59 Å². The maximum Gasteiger partial charge on any atom is 0.257 e. The minimum atomic E-state index is -0.238. The van der Waals surface area contributed by atoms with E-state index in [1.54, 1.807) is 9.47 Å². The van der Waals surface area contributed by atoms with E-state index < -0.39 is 0 Å². The molecule has 5 heteroatoms. The van der Waals surface area contributed by atoms with E-state index in [4.69, 9.17) is 4.98 Å². The second kappa shape index (κ2) is 8.03. The lowest BCUT2D eigenvalue weighted by Crippen LogP contribution is -2.41. The Labute approximate surface area is 170 Å². The first-order valence-corrected chi connectivity index (χ1v) is 10.1. The Bertz CT molecular complexity index is 1040. The van der Waals surface area contributed by atoms with Crippen molar-refractivity contribution < 1.29 is 4.79 Å². The molecule has 1 aliphatic rings. The van der Waals surface area contributed by atoms with Crippen LogP contribution < -0.4 is 5.56 Å². The van der Waals surface area contributed by atoms with Crippen molar-refractivity contribution in [3.8, 4) is 0 Å². The molecule has 0 fully saturated rings. The molecule has 0 radical (unpaired) electrons. The maximum atomic E-state index is 13.6. The Morgan fingerprint density at radius 1 is 1.03 bits per heavy atom. The number of rotatable bonds is 4. The minimum Gasteiger partial charge on any atom is -0.336 e. The monoisotopic (exact) mass is 387 g/mol. The van der Waals surface area contributed by atoms with Gasteiger partial charge in [0.25, 0.3) is 5.56 Å². The smallest absolute Gasteiger partial charge is 0.257 e. The van der Waals surface area contributed by atoms with Crippen molar-refractivity contribution in [1.82, 2.24) is 14.5 Å². The Hall–Kier alpha value is -3.21. The second-order valence-electron chi connectivity index (χ2n) is 7.40. The summed E-state index contributed by atoms with van der Waals surface area (Å²) in [6.45, 7) is 4.72. The fraction of sp³-hybridized carbons (Fsp3) is 0.292. The summed E-state index contributed by atoms with van der Waals surface area (Å²) in [5.74, 6) is 0.767. The number of fused-ring (bicyclic) bond motifs is 1. The molecule has 0 unspecified atom stereocenters. The number of benzene rings is 2. The van der Waals surface area contributed by atoms with Crippen LogP contribution >= 0.6 is 0 Å². The third kappa shape index (κ3) is 3.60. The first-order chi connectivity index (χ1) is 14.1. The molecule has 2 aromatic carbocycles. The lowest BCUT2D eigenvalue weighted by molar-refractivity contribution is -0.131. The molecular weight excluding hydrogens is 362 g/mol. The van der Waals surface area contributed by atoms with Gasteiger partial charge in [-0.1, -0.05) is 67.6 Å². The normalized spacial score (nSPS) is 13.4. The summed E-state index contributed by atoms with van der Waals surface area (Å²) in [6, 6.07) is 19.9. The van der Waals surface area contributed by atoms with Gasteiger partial charge >= 0.3 is 0 Å². The molecule has 1 aromatic heterocycles. The lowest BCUT2D eigenvalue weighted by atomic mass is 9.97. The van der Waals surface area contributed by atoms with Gasteiger partial charge in [0, 0.05) is 18.5 Å². The third-order valence-electron chi connectivity index (χ3n) is 5.59. The lowest BCUT2D eigenvalue weighted by Gasteiger charge is -2.30. The molecule has 0 aliphatic carbocycles. The number of carbonyl (C=O) groups is 1. The second-order valence-corrected chi connectivity index (χ2v) is 7.40. The standard InChI is InChI=1S/C24H25N3O2/c1-3-22(28)26-15-14-20-21(16-26)25-17(2)27(24(20)29)23(18-10-6-4-7-11-18)19-12-8-5-9-13-19/h4-13,23H,3,14-16H2,1-2H3. The van der Waals surface area contributed by atoms with Crippen molar-refractivity contribution in [2.75, 3.05) is 6.54 Å². The zero-order chi connectivity index (χ0) is 20.4. The largest absolute Gasteiger partial charge is 0.336 e. The maximum absolute atomic E-state index is 13.6. The van der Waals surface area contributed by atoms with Crippen LogP contribution in [-0.4, -0.2) is 26.9 Å².